The number of benzene rings is 1. The van der Waals surface area contributed by atoms with Crippen molar-refractivity contribution < 1.29 is 13.9 Å². The van der Waals surface area contributed by atoms with Crippen LogP contribution < -0.4 is 0 Å². The monoisotopic (exact) mass is 402 g/mol. The van der Waals surface area contributed by atoms with Crippen molar-refractivity contribution in [3.8, 4) is 0 Å². The number of carbonyl (C=O) groups is 1. The van der Waals surface area contributed by atoms with Gasteiger partial charge in [0, 0.05) is 26.2 Å². The molecule has 1 aliphatic carbocycles. The van der Waals surface area contributed by atoms with Gasteiger partial charge in [0.25, 0.3) is 0 Å². The summed E-state index contributed by atoms with van der Waals surface area (Å²) in [6, 6.07) is 6.90. The van der Waals surface area contributed by atoms with Crippen LogP contribution in [0, 0.1) is 12.7 Å². The van der Waals surface area contributed by atoms with Gasteiger partial charge in [0.1, 0.15) is 11.4 Å². The first-order chi connectivity index (χ1) is 13.1. The summed E-state index contributed by atoms with van der Waals surface area (Å²) in [4.78, 5) is 17.3. The molecule has 2 aliphatic heterocycles. The van der Waals surface area contributed by atoms with Gasteiger partial charge in [0.15, 0.2) is 0 Å². The van der Waals surface area contributed by atoms with Crippen LogP contribution in [0.4, 0.5) is 9.18 Å². The molecule has 1 aromatic rings. The van der Waals surface area contributed by atoms with Gasteiger partial charge in [0.05, 0.1) is 15.1 Å². The van der Waals surface area contributed by atoms with E-state index in [1.165, 1.54) is 6.42 Å². The number of rotatable bonds is 3. The Labute approximate surface area is 170 Å². The largest absolute Gasteiger partial charge is 0.444 e. The summed E-state index contributed by atoms with van der Waals surface area (Å²) < 4.78 is 19.8. The van der Waals surface area contributed by atoms with Gasteiger partial charge >= 0.3 is 6.09 Å². The van der Waals surface area contributed by atoms with Crippen molar-refractivity contribution in [3.05, 3.63) is 35.1 Å². The van der Waals surface area contributed by atoms with E-state index < -0.39 is 5.60 Å². The van der Waals surface area contributed by atoms with E-state index in [1.54, 1.807) is 6.07 Å². The fourth-order valence-corrected chi connectivity index (χ4v) is 5.82. The Morgan fingerprint density at radius 1 is 1.29 bits per heavy atom. The van der Waals surface area contributed by atoms with Crippen LogP contribution in [0.3, 0.4) is 0 Å². The smallest absolute Gasteiger partial charge is 0.410 e. The number of nitrogens with zero attached hydrogens (tertiary/aromatic N) is 2. The Hall–Kier alpha value is -1.40. The Kier molecular flexibility index (Phi) is 4.86. The molecule has 6 heteroatoms. The zero-order valence-corrected chi connectivity index (χ0v) is 18.5. The molecule has 152 valence electrons. The van der Waals surface area contributed by atoms with Crippen molar-refractivity contribution in [2.45, 2.75) is 69.2 Å². The average molecular weight is 403 g/mol. The molecule has 1 aromatic carbocycles. The highest BCUT2D eigenvalue weighted by molar-refractivity contribution is 6.54. The Balaban J connectivity index is 1.46. The SMILES string of the molecule is Cc1ccc([C@]2(CN3CCN(C(=O)OC(C)(C)C)C4(CCC4)C3)C[Si]2)cc1F. The van der Waals surface area contributed by atoms with Gasteiger partial charge in [-0.2, -0.15) is 0 Å². The average Bonchev–Trinajstić information content (AvgIpc) is 3.34. The summed E-state index contributed by atoms with van der Waals surface area (Å²) in [5.41, 5.74) is 1.32. The molecule has 0 aromatic heterocycles. The zero-order chi connectivity index (χ0) is 20.2. The number of hydrogen-bond donors (Lipinski definition) is 0. The minimum Gasteiger partial charge on any atom is -0.444 e. The number of hydrogen-bond acceptors (Lipinski definition) is 3. The maximum Gasteiger partial charge on any atom is 0.410 e. The van der Waals surface area contributed by atoms with Crippen molar-refractivity contribution in [3.63, 3.8) is 0 Å². The van der Waals surface area contributed by atoms with Crippen LogP contribution in [0.15, 0.2) is 18.2 Å². The lowest BCUT2D eigenvalue weighted by molar-refractivity contribution is -0.0650. The maximum absolute atomic E-state index is 14.1. The zero-order valence-electron chi connectivity index (χ0n) is 17.5. The molecule has 1 amide bonds. The van der Waals surface area contributed by atoms with E-state index in [2.05, 4.69) is 11.0 Å². The summed E-state index contributed by atoms with van der Waals surface area (Å²) in [6.07, 6.45) is 3.10. The highest BCUT2D eigenvalue weighted by Crippen LogP contribution is 2.45. The first kappa shape index (κ1) is 19.9. The van der Waals surface area contributed by atoms with E-state index in [9.17, 15) is 9.18 Å². The first-order valence-corrected chi connectivity index (χ1v) is 11.6. The van der Waals surface area contributed by atoms with E-state index in [0.717, 1.165) is 60.1 Å². The predicted octanol–water partition coefficient (Wildman–Crippen LogP) is 3.94. The van der Waals surface area contributed by atoms with Crippen LogP contribution in [-0.4, -0.2) is 62.7 Å². The van der Waals surface area contributed by atoms with E-state index in [-0.39, 0.29) is 22.5 Å². The summed E-state index contributed by atoms with van der Waals surface area (Å²) >= 11 is 0. The van der Waals surface area contributed by atoms with Gasteiger partial charge in [-0.1, -0.05) is 18.2 Å². The molecule has 0 unspecified atom stereocenters. The maximum atomic E-state index is 14.1. The molecule has 2 radical (unpaired) electrons. The topological polar surface area (TPSA) is 32.8 Å². The number of carbonyl (C=O) groups excluding carboxylic acids is 1. The highest BCUT2D eigenvalue weighted by Gasteiger charge is 2.52. The fourth-order valence-electron chi connectivity index (χ4n) is 4.60. The molecule has 2 heterocycles. The predicted molar refractivity (Wildman–Crippen MR) is 109 cm³/mol. The van der Waals surface area contributed by atoms with Gasteiger partial charge in [-0.25, -0.2) is 9.18 Å². The van der Waals surface area contributed by atoms with Crippen molar-refractivity contribution >= 4 is 15.6 Å². The molecule has 1 saturated carbocycles. The molecule has 3 fully saturated rings. The second kappa shape index (κ2) is 6.84. The second-order valence-corrected chi connectivity index (χ2v) is 11.5. The lowest BCUT2D eigenvalue weighted by Crippen LogP contribution is -2.67. The summed E-state index contributed by atoms with van der Waals surface area (Å²) in [6.45, 7) is 11.0. The van der Waals surface area contributed by atoms with Crippen molar-refractivity contribution in [2.24, 2.45) is 0 Å². The van der Waals surface area contributed by atoms with Gasteiger partial charge in [-0.3, -0.25) is 9.80 Å². The summed E-state index contributed by atoms with van der Waals surface area (Å²) in [5.74, 6) is -0.0983. The molecule has 1 atom stereocenters. The number of ether oxygens (including phenoxy) is 1. The first-order valence-electron chi connectivity index (χ1n) is 10.4. The van der Waals surface area contributed by atoms with E-state index >= 15 is 0 Å². The van der Waals surface area contributed by atoms with Crippen molar-refractivity contribution in [2.75, 3.05) is 26.2 Å². The molecule has 28 heavy (non-hydrogen) atoms. The van der Waals surface area contributed by atoms with Crippen LogP contribution in [0.5, 0.6) is 0 Å². The van der Waals surface area contributed by atoms with Crippen molar-refractivity contribution in [1.29, 1.82) is 0 Å². The third-order valence-corrected chi connectivity index (χ3v) is 8.10. The third kappa shape index (κ3) is 3.73. The Morgan fingerprint density at radius 2 is 2.00 bits per heavy atom. The van der Waals surface area contributed by atoms with Gasteiger partial charge < -0.3 is 4.74 Å². The lowest BCUT2D eigenvalue weighted by Gasteiger charge is -2.56. The molecule has 1 spiro atoms. The van der Waals surface area contributed by atoms with E-state index in [1.807, 2.05) is 38.7 Å². The standard InChI is InChI=1S/C22H31FN2O2Si/c1-16-6-7-17(12-18(16)23)22(15-28-22)14-24-10-11-25(19(26)27-20(2,3)4)21(13-24)8-5-9-21/h6-7,12H,5,8-11,13-15H2,1-4H3/t22-/m0/s1. The molecule has 0 bridgehead atoms. The fraction of sp³-hybridized carbons (Fsp3) is 0.682. The van der Waals surface area contributed by atoms with Crippen LogP contribution in [0.1, 0.15) is 51.2 Å². The number of amides is 1. The normalized spacial score (nSPS) is 26.8. The highest BCUT2D eigenvalue weighted by atomic mass is 28.2. The summed E-state index contributed by atoms with van der Waals surface area (Å²) in [7, 11) is 0.858. The van der Waals surface area contributed by atoms with Gasteiger partial charge in [-0.05, 0) is 69.2 Å². The molecule has 3 aliphatic rings. The van der Waals surface area contributed by atoms with Gasteiger partial charge in [-0.15, -0.1) is 0 Å². The minimum absolute atomic E-state index is 0.0711. The van der Waals surface area contributed by atoms with Gasteiger partial charge in [0.2, 0.25) is 0 Å². The van der Waals surface area contributed by atoms with Crippen molar-refractivity contribution in [1.82, 2.24) is 9.80 Å². The van der Waals surface area contributed by atoms with Crippen LogP contribution in [0.25, 0.3) is 0 Å². The van der Waals surface area contributed by atoms with Crippen LogP contribution >= 0.6 is 0 Å². The second-order valence-electron chi connectivity index (χ2n) is 9.82. The molecular formula is C22H31FN2O2Si. The van der Waals surface area contributed by atoms with E-state index in [0.29, 0.717) is 5.56 Å². The molecule has 2 saturated heterocycles. The Morgan fingerprint density at radius 3 is 2.54 bits per heavy atom. The quantitative estimate of drug-likeness (QED) is 0.718. The third-order valence-electron chi connectivity index (χ3n) is 6.45. The number of piperazine rings is 1. The molecule has 0 N–H and O–H groups in total. The van der Waals surface area contributed by atoms with E-state index in [4.69, 9.17) is 4.74 Å². The lowest BCUT2D eigenvalue weighted by atomic mass is 9.73. The van der Waals surface area contributed by atoms with Crippen LogP contribution in [-0.2, 0) is 9.78 Å². The number of aryl methyl sites for hydroxylation is 1. The molecule has 4 rings (SSSR count). The minimum atomic E-state index is -0.464. The number of halogens is 1. The molecular weight excluding hydrogens is 371 g/mol. The summed E-state index contributed by atoms with van der Waals surface area (Å²) in [5, 5.41) is 0.119. The Bertz CT molecular complexity index is 768. The van der Waals surface area contributed by atoms with Crippen LogP contribution in [0.2, 0.25) is 6.04 Å². The molecule has 4 nitrogen and oxygen atoms in total.